The predicted molar refractivity (Wildman–Crippen MR) is 37.0 cm³/mol. The van der Waals surface area contributed by atoms with E-state index >= 15 is 0 Å². The van der Waals surface area contributed by atoms with Crippen molar-refractivity contribution in [3.63, 3.8) is 0 Å². The van der Waals surface area contributed by atoms with Gasteiger partial charge in [0.05, 0.1) is 0 Å². The summed E-state index contributed by atoms with van der Waals surface area (Å²) in [6, 6.07) is 0. The second-order valence-corrected chi connectivity index (χ2v) is 3.57. The normalized spacial score (nSPS) is 25.7. The molecule has 1 heterocycles. The maximum atomic E-state index is 10.7. The molecule has 0 aromatic heterocycles. The van der Waals surface area contributed by atoms with Crippen LogP contribution in [0, 0.1) is 5.41 Å². The molecule has 0 radical (unpaired) electrons. The second-order valence-electron chi connectivity index (χ2n) is 3.57. The van der Waals surface area contributed by atoms with Gasteiger partial charge in [0.2, 0.25) is 0 Å². The Morgan fingerprint density at radius 3 is 2.45 bits per heavy atom. The van der Waals surface area contributed by atoms with Gasteiger partial charge in [-0.15, -0.1) is 0 Å². The van der Waals surface area contributed by atoms with E-state index in [1.165, 1.54) is 24.2 Å². The van der Waals surface area contributed by atoms with Crippen LogP contribution in [-0.2, 0) is 4.89 Å². The number of carbonyl (C=O) groups excluding carboxylic acids is 1. The summed E-state index contributed by atoms with van der Waals surface area (Å²) in [6.07, 6.45) is 3.12. The Labute approximate surface area is 64.7 Å². The van der Waals surface area contributed by atoms with Crippen LogP contribution in [0.15, 0.2) is 0 Å². The molecule has 4 heteroatoms. The van der Waals surface area contributed by atoms with Crippen molar-refractivity contribution in [3.8, 4) is 0 Å². The molecule has 1 aliphatic carbocycles. The molecule has 2 fully saturated rings. The van der Waals surface area contributed by atoms with E-state index < -0.39 is 6.09 Å². The molecule has 0 aromatic carbocycles. The predicted octanol–water partition coefficient (Wildman–Crippen LogP) is 1.08. The summed E-state index contributed by atoms with van der Waals surface area (Å²) in [7, 11) is 0. The summed E-state index contributed by atoms with van der Waals surface area (Å²) in [4.78, 5) is 15.8. The lowest BCUT2D eigenvalue weighted by Gasteiger charge is -2.54. The van der Waals surface area contributed by atoms with Gasteiger partial charge in [-0.3, -0.25) is 4.89 Å². The molecule has 1 saturated carbocycles. The van der Waals surface area contributed by atoms with Crippen molar-refractivity contribution >= 4 is 6.09 Å². The molecular formula is C7H11NO3. The van der Waals surface area contributed by atoms with Gasteiger partial charge < -0.3 is 4.90 Å². The third kappa shape index (κ3) is 0.894. The van der Waals surface area contributed by atoms with Crippen LogP contribution in [0.4, 0.5) is 4.79 Å². The van der Waals surface area contributed by atoms with Crippen molar-refractivity contribution in [2.75, 3.05) is 13.1 Å². The topological polar surface area (TPSA) is 49.8 Å². The fraction of sp³-hybridized carbons (Fsp3) is 0.857. The smallest absolute Gasteiger partial charge is 0.305 e. The molecule has 4 nitrogen and oxygen atoms in total. The van der Waals surface area contributed by atoms with Crippen LogP contribution in [0.25, 0.3) is 0 Å². The van der Waals surface area contributed by atoms with Crippen molar-refractivity contribution in [3.05, 3.63) is 0 Å². The number of hydrogen-bond acceptors (Lipinski definition) is 3. The molecule has 1 spiro atoms. The average Bonchev–Trinajstić information content (AvgIpc) is 1.81. The zero-order valence-electron chi connectivity index (χ0n) is 6.25. The Morgan fingerprint density at radius 2 is 2.09 bits per heavy atom. The number of likely N-dealkylation sites (tertiary alicyclic amines) is 1. The molecule has 0 unspecified atom stereocenters. The van der Waals surface area contributed by atoms with Crippen LogP contribution in [0.5, 0.6) is 0 Å². The van der Waals surface area contributed by atoms with Crippen LogP contribution in [-0.4, -0.2) is 29.3 Å². The molecule has 2 rings (SSSR count). The summed E-state index contributed by atoms with van der Waals surface area (Å²) < 4.78 is 0. The van der Waals surface area contributed by atoms with Crippen molar-refractivity contribution in [1.29, 1.82) is 0 Å². The highest BCUT2D eigenvalue weighted by atomic mass is 17.1. The molecule has 0 bridgehead atoms. The van der Waals surface area contributed by atoms with E-state index in [4.69, 9.17) is 5.26 Å². The minimum absolute atomic E-state index is 0.411. The highest BCUT2D eigenvalue weighted by molar-refractivity contribution is 5.68. The number of nitrogens with zero attached hydrogens (tertiary/aromatic N) is 1. The lowest BCUT2D eigenvalue weighted by Crippen LogP contribution is -2.61. The first-order valence-corrected chi connectivity index (χ1v) is 3.86. The fourth-order valence-electron chi connectivity index (χ4n) is 1.94. The van der Waals surface area contributed by atoms with Gasteiger partial charge in [0, 0.05) is 18.5 Å². The number of carbonyl (C=O) groups is 1. The van der Waals surface area contributed by atoms with Gasteiger partial charge in [0.25, 0.3) is 0 Å². The van der Waals surface area contributed by atoms with E-state index in [-0.39, 0.29) is 0 Å². The molecule has 1 aliphatic heterocycles. The number of amides is 1. The first-order valence-electron chi connectivity index (χ1n) is 3.86. The van der Waals surface area contributed by atoms with Gasteiger partial charge in [-0.25, -0.2) is 4.79 Å². The number of hydrogen-bond donors (Lipinski definition) is 1. The third-order valence-corrected chi connectivity index (χ3v) is 2.80. The van der Waals surface area contributed by atoms with Crippen molar-refractivity contribution < 1.29 is 14.9 Å². The Balaban J connectivity index is 1.83. The maximum absolute atomic E-state index is 10.7. The molecule has 1 amide bonds. The van der Waals surface area contributed by atoms with Gasteiger partial charge >= 0.3 is 6.09 Å². The van der Waals surface area contributed by atoms with E-state index in [2.05, 4.69) is 4.89 Å². The molecule has 2 aliphatic rings. The van der Waals surface area contributed by atoms with E-state index in [1.807, 2.05) is 0 Å². The van der Waals surface area contributed by atoms with Gasteiger partial charge in [-0.2, -0.15) is 5.26 Å². The third-order valence-electron chi connectivity index (χ3n) is 2.80. The Hall–Kier alpha value is -0.770. The standard InChI is InChI=1S/C7H11NO3/c9-6(11-10)8-4-7(5-8)2-1-3-7/h10H,1-5H2. The van der Waals surface area contributed by atoms with Crippen LogP contribution in [0.3, 0.4) is 0 Å². The summed E-state index contributed by atoms with van der Waals surface area (Å²) in [6.45, 7) is 1.54. The monoisotopic (exact) mass is 157 g/mol. The van der Waals surface area contributed by atoms with E-state index in [9.17, 15) is 4.79 Å². The van der Waals surface area contributed by atoms with Crippen LogP contribution in [0.1, 0.15) is 19.3 Å². The molecule has 11 heavy (non-hydrogen) atoms. The number of rotatable bonds is 0. The highest BCUT2D eigenvalue weighted by Crippen LogP contribution is 2.48. The van der Waals surface area contributed by atoms with Crippen LogP contribution >= 0.6 is 0 Å². The molecule has 62 valence electrons. The summed E-state index contributed by atoms with van der Waals surface area (Å²) in [5, 5.41) is 8.04. The maximum Gasteiger partial charge on any atom is 0.441 e. The Morgan fingerprint density at radius 1 is 1.45 bits per heavy atom. The lowest BCUT2D eigenvalue weighted by molar-refractivity contribution is -0.201. The molecule has 1 saturated heterocycles. The first-order chi connectivity index (χ1) is 5.26. The van der Waals surface area contributed by atoms with Gasteiger partial charge in [0.15, 0.2) is 0 Å². The highest BCUT2D eigenvalue weighted by Gasteiger charge is 2.49. The van der Waals surface area contributed by atoms with Crippen molar-refractivity contribution in [2.45, 2.75) is 19.3 Å². The SMILES string of the molecule is O=C(OO)N1CC2(CCC2)C1. The van der Waals surface area contributed by atoms with Gasteiger partial charge in [0.1, 0.15) is 0 Å². The van der Waals surface area contributed by atoms with Crippen LogP contribution in [0.2, 0.25) is 0 Å². The van der Waals surface area contributed by atoms with E-state index in [0.29, 0.717) is 5.41 Å². The quantitative estimate of drug-likeness (QED) is 0.423. The van der Waals surface area contributed by atoms with Crippen molar-refractivity contribution in [1.82, 2.24) is 4.90 Å². The Kier molecular flexibility index (Phi) is 1.32. The Bertz CT molecular complexity index is 180. The van der Waals surface area contributed by atoms with Crippen LogP contribution < -0.4 is 0 Å². The largest absolute Gasteiger partial charge is 0.441 e. The molecular weight excluding hydrogens is 146 g/mol. The minimum atomic E-state index is -0.609. The second kappa shape index (κ2) is 2.11. The zero-order chi connectivity index (χ0) is 7.90. The fourth-order valence-corrected chi connectivity index (χ4v) is 1.94. The lowest BCUT2D eigenvalue weighted by atomic mass is 9.64. The van der Waals surface area contributed by atoms with Crippen molar-refractivity contribution in [2.24, 2.45) is 5.41 Å². The minimum Gasteiger partial charge on any atom is -0.305 e. The molecule has 1 N–H and O–H groups in total. The molecule has 0 atom stereocenters. The first kappa shape index (κ1) is 6.91. The summed E-state index contributed by atoms with van der Waals surface area (Å²) in [5.74, 6) is 0. The van der Waals surface area contributed by atoms with Gasteiger partial charge in [-0.1, -0.05) is 6.42 Å². The summed E-state index contributed by atoms with van der Waals surface area (Å²) in [5.41, 5.74) is 0.411. The van der Waals surface area contributed by atoms with E-state index in [1.54, 1.807) is 0 Å². The summed E-state index contributed by atoms with van der Waals surface area (Å²) >= 11 is 0. The average molecular weight is 157 g/mol. The van der Waals surface area contributed by atoms with Gasteiger partial charge in [-0.05, 0) is 12.8 Å². The van der Waals surface area contributed by atoms with E-state index in [0.717, 1.165) is 13.1 Å². The zero-order valence-corrected chi connectivity index (χ0v) is 6.25. The molecule has 0 aromatic rings.